The molecule has 1 aliphatic heterocycles. The van der Waals surface area contributed by atoms with Crippen LogP contribution in [0.15, 0.2) is 16.5 Å². The summed E-state index contributed by atoms with van der Waals surface area (Å²) in [4.78, 5) is 10.5. The van der Waals surface area contributed by atoms with Gasteiger partial charge >= 0.3 is 0 Å². The SMILES string of the molecule is Cc1ccc([C@H]2CC(=O)N2)o1. The van der Waals surface area contributed by atoms with Crippen molar-refractivity contribution in [3.05, 3.63) is 23.7 Å². The summed E-state index contributed by atoms with van der Waals surface area (Å²) in [6.07, 6.45) is 0.562. The average molecular weight is 151 g/mol. The van der Waals surface area contributed by atoms with Crippen molar-refractivity contribution in [3.63, 3.8) is 0 Å². The van der Waals surface area contributed by atoms with Crippen LogP contribution in [0.4, 0.5) is 0 Å². The second-order valence-electron chi connectivity index (χ2n) is 2.77. The smallest absolute Gasteiger partial charge is 0.223 e. The van der Waals surface area contributed by atoms with Gasteiger partial charge in [0.15, 0.2) is 0 Å². The van der Waals surface area contributed by atoms with Crippen LogP contribution in [0.25, 0.3) is 0 Å². The van der Waals surface area contributed by atoms with Crippen LogP contribution in [0.1, 0.15) is 24.0 Å². The van der Waals surface area contributed by atoms with Gasteiger partial charge in [-0.05, 0) is 19.1 Å². The van der Waals surface area contributed by atoms with Gasteiger partial charge in [-0.2, -0.15) is 0 Å². The molecule has 0 saturated carbocycles. The van der Waals surface area contributed by atoms with Crippen molar-refractivity contribution in [2.75, 3.05) is 0 Å². The highest BCUT2D eigenvalue weighted by Crippen LogP contribution is 2.24. The molecule has 58 valence electrons. The molecule has 0 bridgehead atoms. The Bertz CT molecular complexity index is 282. The minimum atomic E-state index is 0.101. The maximum Gasteiger partial charge on any atom is 0.223 e. The van der Waals surface area contributed by atoms with Crippen molar-refractivity contribution in [1.29, 1.82) is 0 Å². The van der Waals surface area contributed by atoms with E-state index in [4.69, 9.17) is 4.42 Å². The van der Waals surface area contributed by atoms with E-state index in [2.05, 4.69) is 5.32 Å². The van der Waals surface area contributed by atoms with E-state index in [0.717, 1.165) is 11.5 Å². The fourth-order valence-electron chi connectivity index (χ4n) is 1.17. The van der Waals surface area contributed by atoms with Gasteiger partial charge in [0, 0.05) is 0 Å². The molecular formula is C8H9NO2. The van der Waals surface area contributed by atoms with Crippen LogP contribution in [-0.2, 0) is 4.79 Å². The number of furan rings is 1. The van der Waals surface area contributed by atoms with Crippen LogP contribution < -0.4 is 5.32 Å². The molecule has 1 fully saturated rings. The monoisotopic (exact) mass is 151 g/mol. The molecule has 0 radical (unpaired) electrons. The Labute approximate surface area is 64.4 Å². The summed E-state index contributed by atoms with van der Waals surface area (Å²) < 4.78 is 5.32. The van der Waals surface area contributed by atoms with Gasteiger partial charge in [0.25, 0.3) is 0 Å². The highest BCUT2D eigenvalue weighted by molar-refractivity contribution is 5.83. The number of hydrogen-bond acceptors (Lipinski definition) is 2. The average Bonchev–Trinajstić information content (AvgIpc) is 2.29. The molecule has 3 nitrogen and oxygen atoms in total. The van der Waals surface area contributed by atoms with Gasteiger partial charge < -0.3 is 9.73 Å². The first-order chi connectivity index (χ1) is 5.25. The predicted octanol–water partition coefficient (Wildman–Crippen LogP) is 1.15. The maximum atomic E-state index is 10.5. The molecule has 1 amide bonds. The summed E-state index contributed by atoms with van der Waals surface area (Å²) in [6, 6.07) is 3.93. The number of aryl methyl sites for hydroxylation is 1. The number of carbonyl (C=O) groups is 1. The summed E-state index contributed by atoms with van der Waals surface area (Å²) >= 11 is 0. The summed E-state index contributed by atoms with van der Waals surface area (Å²) in [5, 5.41) is 2.74. The topological polar surface area (TPSA) is 42.2 Å². The molecule has 1 aromatic rings. The second kappa shape index (κ2) is 2.12. The standard InChI is InChI=1S/C8H9NO2/c1-5-2-3-7(11-5)6-4-8(10)9-6/h2-3,6H,4H2,1H3,(H,9,10)/t6-/m1/s1. The van der Waals surface area contributed by atoms with Crippen LogP contribution in [0.2, 0.25) is 0 Å². The zero-order chi connectivity index (χ0) is 7.84. The third-order valence-corrected chi connectivity index (χ3v) is 1.83. The van der Waals surface area contributed by atoms with Crippen LogP contribution in [0.3, 0.4) is 0 Å². The Balaban J connectivity index is 2.12. The van der Waals surface area contributed by atoms with E-state index in [-0.39, 0.29) is 11.9 Å². The Hall–Kier alpha value is -1.25. The van der Waals surface area contributed by atoms with E-state index < -0.39 is 0 Å². The van der Waals surface area contributed by atoms with Crippen molar-refractivity contribution >= 4 is 5.91 Å². The fourth-order valence-corrected chi connectivity index (χ4v) is 1.17. The van der Waals surface area contributed by atoms with Gasteiger partial charge in [-0.3, -0.25) is 4.79 Å². The molecule has 0 spiro atoms. The van der Waals surface area contributed by atoms with Crippen molar-refractivity contribution in [2.24, 2.45) is 0 Å². The van der Waals surface area contributed by atoms with E-state index in [1.165, 1.54) is 0 Å². The normalized spacial score (nSPS) is 22.6. The maximum absolute atomic E-state index is 10.5. The lowest BCUT2D eigenvalue weighted by Gasteiger charge is -2.24. The zero-order valence-electron chi connectivity index (χ0n) is 6.26. The Morgan fingerprint density at radius 3 is 2.82 bits per heavy atom. The van der Waals surface area contributed by atoms with E-state index in [1.807, 2.05) is 19.1 Å². The van der Waals surface area contributed by atoms with Gasteiger partial charge in [-0.1, -0.05) is 0 Å². The van der Waals surface area contributed by atoms with Crippen LogP contribution in [-0.4, -0.2) is 5.91 Å². The Morgan fingerprint density at radius 1 is 1.64 bits per heavy atom. The fraction of sp³-hybridized carbons (Fsp3) is 0.375. The number of rotatable bonds is 1. The molecule has 0 unspecified atom stereocenters. The first kappa shape index (κ1) is 6.46. The predicted molar refractivity (Wildman–Crippen MR) is 38.9 cm³/mol. The largest absolute Gasteiger partial charge is 0.464 e. The van der Waals surface area contributed by atoms with Crippen molar-refractivity contribution in [3.8, 4) is 0 Å². The van der Waals surface area contributed by atoms with Gasteiger partial charge in [-0.25, -0.2) is 0 Å². The molecule has 1 aliphatic rings. The van der Waals surface area contributed by atoms with Crippen molar-refractivity contribution in [2.45, 2.75) is 19.4 Å². The number of amides is 1. The summed E-state index contributed by atoms with van der Waals surface area (Å²) in [7, 11) is 0. The van der Waals surface area contributed by atoms with E-state index >= 15 is 0 Å². The minimum Gasteiger partial charge on any atom is -0.464 e. The lowest BCUT2D eigenvalue weighted by atomic mass is 10.0. The highest BCUT2D eigenvalue weighted by atomic mass is 16.3. The van der Waals surface area contributed by atoms with Gasteiger partial charge in [-0.15, -0.1) is 0 Å². The second-order valence-corrected chi connectivity index (χ2v) is 2.77. The van der Waals surface area contributed by atoms with E-state index in [1.54, 1.807) is 0 Å². The van der Waals surface area contributed by atoms with Crippen LogP contribution in [0.5, 0.6) is 0 Å². The molecule has 11 heavy (non-hydrogen) atoms. The van der Waals surface area contributed by atoms with Gasteiger partial charge in [0.2, 0.25) is 5.91 Å². The zero-order valence-corrected chi connectivity index (χ0v) is 6.26. The lowest BCUT2D eigenvalue weighted by molar-refractivity contribution is -0.128. The Morgan fingerprint density at radius 2 is 2.36 bits per heavy atom. The molecule has 1 aromatic heterocycles. The van der Waals surface area contributed by atoms with Gasteiger partial charge in [0.1, 0.15) is 11.5 Å². The molecule has 0 aliphatic carbocycles. The molecule has 3 heteroatoms. The Kier molecular flexibility index (Phi) is 1.24. The molecule has 0 aromatic carbocycles. The number of β-lactam (4-membered cyclic amide) rings is 1. The molecule has 1 N–H and O–H groups in total. The molecule has 1 saturated heterocycles. The number of nitrogens with one attached hydrogen (secondary N) is 1. The van der Waals surface area contributed by atoms with Gasteiger partial charge in [0.05, 0.1) is 12.5 Å². The summed E-state index contributed by atoms with van der Waals surface area (Å²) in [6.45, 7) is 1.89. The first-order valence-corrected chi connectivity index (χ1v) is 3.61. The van der Waals surface area contributed by atoms with Crippen molar-refractivity contribution in [1.82, 2.24) is 5.32 Å². The molecule has 1 atom stereocenters. The lowest BCUT2D eigenvalue weighted by Crippen LogP contribution is -2.41. The highest BCUT2D eigenvalue weighted by Gasteiger charge is 2.28. The first-order valence-electron chi connectivity index (χ1n) is 3.61. The van der Waals surface area contributed by atoms with Crippen molar-refractivity contribution < 1.29 is 9.21 Å². The quantitative estimate of drug-likeness (QED) is 0.612. The molecule has 2 heterocycles. The third kappa shape index (κ3) is 1.02. The van der Waals surface area contributed by atoms with Crippen LogP contribution in [0, 0.1) is 6.92 Å². The molecule has 2 rings (SSSR count). The van der Waals surface area contributed by atoms with E-state index in [0.29, 0.717) is 6.42 Å². The van der Waals surface area contributed by atoms with E-state index in [9.17, 15) is 4.79 Å². The summed E-state index contributed by atoms with van der Waals surface area (Å²) in [5.41, 5.74) is 0. The minimum absolute atomic E-state index is 0.101. The third-order valence-electron chi connectivity index (χ3n) is 1.83. The number of carbonyl (C=O) groups excluding carboxylic acids is 1. The number of hydrogen-bond donors (Lipinski definition) is 1. The molecular weight excluding hydrogens is 142 g/mol. The summed E-state index contributed by atoms with van der Waals surface area (Å²) in [5.74, 6) is 1.85. The van der Waals surface area contributed by atoms with Crippen LogP contribution >= 0.6 is 0 Å².